The highest BCUT2D eigenvalue weighted by atomic mass is 35.5. The molecule has 0 radical (unpaired) electrons. The van der Waals surface area contributed by atoms with Crippen molar-refractivity contribution in [3.8, 4) is 5.75 Å². The molecule has 122 valence electrons. The SMILES string of the molecule is O=C(c1ccc(F)cc1)N1CC[NH+](c2ccc(O)cc2)CC1.[Cl-]. The first-order valence-electron chi connectivity index (χ1n) is 7.32. The van der Waals surface area contributed by atoms with Gasteiger partial charge in [0.25, 0.3) is 5.91 Å². The van der Waals surface area contributed by atoms with E-state index in [1.54, 1.807) is 17.0 Å². The smallest absolute Gasteiger partial charge is 0.254 e. The van der Waals surface area contributed by atoms with E-state index in [0.717, 1.165) is 18.8 Å². The second-order valence-corrected chi connectivity index (χ2v) is 5.45. The molecule has 1 aliphatic rings. The van der Waals surface area contributed by atoms with Gasteiger partial charge in [-0.25, -0.2) is 4.39 Å². The van der Waals surface area contributed by atoms with Crippen LogP contribution < -0.4 is 17.3 Å². The standard InChI is InChI=1S/C17H17FN2O2.ClH/c18-14-3-1-13(2-4-14)17(22)20-11-9-19(10-12-20)15-5-7-16(21)8-6-15;/h1-8,21H,9-12H2;1H. The number of benzene rings is 2. The number of carbonyl (C=O) groups excluding carboxylic acids is 1. The number of nitrogens with one attached hydrogen (secondary N) is 1. The molecular weight excluding hydrogens is 319 g/mol. The van der Waals surface area contributed by atoms with Crippen LogP contribution in [-0.2, 0) is 0 Å². The van der Waals surface area contributed by atoms with Gasteiger partial charge in [-0.15, -0.1) is 0 Å². The predicted molar refractivity (Wildman–Crippen MR) is 80.8 cm³/mol. The van der Waals surface area contributed by atoms with Crippen LogP contribution in [0.1, 0.15) is 10.4 Å². The monoisotopic (exact) mass is 336 g/mol. The van der Waals surface area contributed by atoms with Gasteiger partial charge in [0.15, 0.2) is 0 Å². The van der Waals surface area contributed by atoms with E-state index in [9.17, 15) is 14.3 Å². The van der Waals surface area contributed by atoms with Crippen LogP contribution in [0.5, 0.6) is 5.75 Å². The van der Waals surface area contributed by atoms with E-state index in [1.807, 2.05) is 12.1 Å². The number of phenols is 1. The normalized spacial score (nSPS) is 15.1. The number of quaternary nitrogens is 1. The van der Waals surface area contributed by atoms with Crippen LogP contribution in [0.3, 0.4) is 0 Å². The summed E-state index contributed by atoms with van der Waals surface area (Å²) in [7, 11) is 0. The highest BCUT2D eigenvalue weighted by molar-refractivity contribution is 5.94. The van der Waals surface area contributed by atoms with Crippen molar-refractivity contribution >= 4 is 11.6 Å². The number of phenolic OH excluding ortho intramolecular Hbond substituents is 1. The van der Waals surface area contributed by atoms with Crippen molar-refractivity contribution in [3.05, 3.63) is 59.9 Å². The van der Waals surface area contributed by atoms with Crippen LogP contribution >= 0.6 is 0 Å². The minimum atomic E-state index is -0.335. The van der Waals surface area contributed by atoms with Crippen molar-refractivity contribution in [1.82, 2.24) is 4.90 Å². The van der Waals surface area contributed by atoms with E-state index in [1.165, 1.54) is 29.2 Å². The van der Waals surface area contributed by atoms with Crippen molar-refractivity contribution in [1.29, 1.82) is 0 Å². The van der Waals surface area contributed by atoms with Gasteiger partial charge in [-0.05, 0) is 36.4 Å². The van der Waals surface area contributed by atoms with Crippen LogP contribution in [0.4, 0.5) is 10.1 Å². The third-order valence-electron chi connectivity index (χ3n) is 4.02. The van der Waals surface area contributed by atoms with E-state index in [0.29, 0.717) is 18.7 Å². The Kier molecular flexibility index (Phi) is 5.58. The Balaban J connectivity index is 0.00000192. The highest BCUT2D eigenvalue weighted by Crippen LogP contribution is 2.12. The van der Waals surface area contributed by atoms with Gasteiger partial charge in [-0.3, -0.25) is 9.69 Å². The molecule has 0 unspecified atom stereocenters. The van der Waals surface area contributed by atoms with E-state index in [-0.39, 0.29) is 29.9 Å². The van der Waals surface area contributed by atoms with Gasteiger partial charge in [-0.2, -0.15) is 0 Å². The first kappa shape index (κ1) is 17.2. The Morgan fingerprint density at radius 1 is 1.00 bits per heavy atom. The van der Waals surface area contributed by atoms with Crippen molar-refractivity contribution in [2.24, 2.45) is 0 Å². The number of nitrogens with zero attached hydrogens (tertiary/aromatic N) is 1. The summed E-state index contributed by atoms with van der Waals surface area (Å²) in [6, 6.07) is 12.8. The second kappa shape index (κ2) is 7.44. The molecule has 1 amide bonds. The fourth-order valence-corrected chi connectivity index (χ4v) is 2.74. The van der Waals surface area contributed by atoms with Crippen LogP contribution in [0.25, 0.3) is 0 Å². The molecule has 0 bridgehead atoms. The van der Waals surface area contributed by atoms with Crippen molar-refractivity contribution in [3.63, 3.8) is 0 Å². The third kappa shape index (κ3) is 4.00. The van der Waals surface area contributed by atoms with Crippen LogP contribution in [0.2, 0.25) is 0 Å². The number of piperazine rings is 1. The van der Waals surface area contributed by atoms with Gasteiger partial charge >= 0.3 is 0 Å². The lowest BCUT2D eigenvalue weighted by atomic mass is 10.1. The Morgan fingerprint density at radius 2 is 1.57 bits per heavy atom. The molecule has 2 aromatic carbocycles. The van der Waals surface area contributed by atoms with Crippen LogP contribution in [0, 0.1) is 5.82 Å². The van der Waals surface area contributed by atoms with Crippen LogP contribution in [0.15, 0.2) is 48.5 Å². The molecule has 1 heterocycles. The quantitative estimate of drug-likeness (QED) is 0.636. The lowest BCUT2D eigenvalue weighted by Crippen LogP contribution is -3.10. The largest absolute Gasteiger partial charge is 1.00 e. The van der Waals surface area contributed by atoms with Gasteiger partial charge in [0.05, 0.1) is 26.2 Å². The summed E-state index contributed by atoms with van der Waals surface area (Å²) in [4.78, 5) is 15.5. The Hall–Kier alpha value is -2.11. The fraction of sp³-hybridized carbons (Fsp3) is 0.235. The minimum absolute atomic E-state index is 0. The Bertz CT molecular complexity index is 653. The van der Waals surface area contributed by atoms with Crippen LogP contribution in [-0.4, -0.2) is 42.1 Å². The number of hydrogen-bond donors (Lipinski definition) is 2. The number of hydrogen-bond acceptors (Lipinski definition) is 2. The van der Waals surface area contributed by atoms with Gasteiger partial charge in [-0.1, -0.05) is 0 Å². The molecule has 6 heteroatoms. The first-order chi connectivity index (χ1) is 10.6. The summed E-state index contributed by atoms with van der Waals surface area (Å²) in [6.07, 6.45) is 0. The summed E-state index contributed by atoms with van der Waals surface area (Å²) in [5.41, 5.74) is 1.64. The lowest BCUT2D eigenvalue weighted by Gasteiger charge is -2.32. The lowest BCUT2D eigenvalue weighted by molar-refractivity contribution is -0.837. The highest BCUT2D eigenvalue weighted by Gasteiger charge is 2.25. The number of aromatic hydroxyl groups is 1. The van der Waals surface area contributed by atoms with Gasteiger partial charge in [0, 0.05) is 17.7 Å². The molecule has 0 spiro atoms. The van der Waals surface area contributed by atoms with Gasteiger partial charge in [0.1, 0.15) is 17.3 Å². The number of rotatable bonds is 2. The fourth-order valence-electron chi connectivity index (χ4n) is 2.74. The summed E-state index contributed by atoms with van der Waals surface area (Å²) in [6.45, 7) is 2.95. The van der Waals surface area contributed by atoms with E-state index in [4.69, 9.17) is 0 Å². The number of carbonyl (C=O) groups is 1. The van der Waals surface area contributed by atoms with Gasteiger partial charge in [0.2, 0.25) is 0 Å². The molecule has 0 aromatic heterocycles. The molecule has 1 aliphatic heterocycles. The summed E-state index contributed by atoms with van der Waals surface area (Å²) >= 11 is 0. The second-order valence-electron chi connectivity index (χ2n) is 5.45. The number of amides is 1. The van der Waals surface area contributed by atoms with Crippen molar-refractivity contribution in [2.45, 2.75) is 0 Å². The summed E-state index contributed by atoms with van der Waals surface area (Å²) in [5, 5.41) is 9.33. The molecule has 2 N–H and O–H groups in total. The predicted octanol–water partition coefficient (Wildman–Crippen LogP) is -1.79. The average Bonchev–Trinajstić information content (AvgIpc) is 2.56. The van der Waals surface area contributed by atoms with E-state index < -0.39 is 0 Å². The summed E-state index contributed by atoms with van der Waals surface area (Å²) in [5.74, 6) is -0.129. The number of halogens is 2. The molecule has 23 heavy (non-hydrogen) atoms. The molecule has 2 aromatic rings. The maximum absolute atomic E-state index is 12.9. The molecule has 4 nitrogen and oxygen atoms in total. The Labute approximate surface area is 140 Å². The zero-order chi connectivity index (χ0) is 15.5. The molecule has 1 fully saturated rings. The third-order valence-corrected chi connectivity index (χ3v) is 4.02. The topological polar surface area (TPSA) is 45.0 Å². The zero-order valence-corrected chi connectivity index (χ0v) is 13.3. The molecular formula is C17H18ClFN2O2. The zero-order valence-electron chi connectivity index (χ0n) is 12.5. The van der Waals surface area contributed by atoms with E-state index in [2.05, 4.69) is 0 Å². The molecule has 3 rings (SSSR count). The molecule has 0 saturated carbocycles. The van der Waals surface area contributed by atoms with Crippen molar-refractivity contribution in [2.75, 3.05) is 26.2 Å². The minimum Gasteiger partial charge on any atom is -1.00 e. The molecule has 0 aliphatic carbocycles. The Morgan fingerprint density at radius 3 is 2.13 bits per heavy atom. The maximum atomic E-state index is 12.9. The average molecular weight is 337 g/mol. The maximum Gasteiger partial charge on any atom is 0.254 e. The summed E-state index contributed by atoms with van der Waals surface area (Å²) < 4.78 is 12.9. The molecule has 1 saturated heterocycles. The van der Waals surface area contributed by atoms with Crippen molar-refractivity contribution < 1.29 is 31.6 Å². The van der Waals surface area contributed by atoms with Gasteiger partial charge < -0.3 is 22.4 Å². The molecule has 0 atom stereocenters. The first-order valence-corrected chi connectivity index (χ1v) is 7.32. The van der Waals surface area contributed by atoms with E-state index >= 15 is 0 Å².